The van der Waals surface area contributed by atoms with Crippen molar-refractivity contribution < 1.29 is 4.79 Å². The van der Waals surface area contributed by atoms with Crippen LogP contribution in [0.3, 0.4) is 0 Å². The SMILES string of the molecule is Cc1cc(-c2c(C)cccc2C)cc2c1N=C(Nc1ccc(C(=O)NCCN(C)C)cc1)NN2. The van der Waals surface area contributed by atoms with Crippen molar-refractivity contribution in [1.82, 2.24) is 15.6 Å². The highest BCUT2D eigenvalue weighted by Gasteiger charge is 2.17. The molecule has 0 fully saturated rings. The van der Waals surface area contributed by atoms with Gasteiger partial charge in [0, 0.05) is 24.3 Å². The molecule has 7 nitrogen and oxygen atoms in total. The quantitative estimate of drug-likeness (QED) is 0.436. The van der Waals surface area contributed by atoms with E-state index >= 15 is 0 Å². The summed E-state index contributed by atoms with van der Waals surface area (Å²) in [6.45, 7) is 7.77. The number of carbonyl (C=O) groups is 1. The second-order valence-corrected chi connectivity index (χ2v) is 8.93. The monoisotopic (exact) mass is 456 g/mol. The van der Waals surface area contributed by atoms with Gasteiger partial charge in [-0.3, -0.25) is 15.6 Å². The van der Waals surface area contributed by atoms with E-state index in [9.17, 15) is 4.79 Å². The molecular formula is C27H32N6O. The smallest absolute Gasteiger partial charge is 0.251 e. The number of hydrogen-bond donors (Lipinski definition) is 4. The molecule has 7 heteroatoms. The van der Waals surface area contributed by atoms with E-state index in [1.165, 1.54) is 22.3 Å². The first-order chi connectivity index (χ1) is 16.3. The molecule has 0 radical (unpaired) electrons. The molecule has 0 aromatic heterocycles. The molecule has 0 spiro atoms. The van der Waals surface area contributed by atoms with Crippen LogP contribution in [0.5, 0.6) is 0 Å². The molecular weight excluding hydrogens is 424 g/mol. The number of anilines is 2. The van der Waals surface area contributed by atoms with E-state index < -0.39 is 0 Å². The lowest BCUT2D eigenvalue weighted by molar-refractivity contribution is 0.0951. The third-order valence-electron chi connectivity index (χ3n) is 5.86. The van der Waals surface area contributed by atoms with Crippen molar-refractivity contribution in [3.63, 3.8) is 0 Å². The predicted octanol–water partition coefficient (Wildman–Crippen LogP) is 4.60. The predicted molar refractivity (Wildman–Crippen MR) is 141 cm³/mol. The standard InChI is InChI=1S/C27H32N6O/c1-17-7-6-8-18(2)24(17)21-15-19(3)25-23(16-21)31-32-27(30-25)29-22-11-9-20(10-12-22)26(34)28-13-14-33(4)5/h6-12,15-16,31H,13-14H2,1-5H3,(H,28,34)(H2,29,30,32). The molecule has 0 aliphatic carbocycles. The molecule has 3 aromatic rings. The van der Waals surface area contributed by atoms with Gasteiger partial charge in [0.15, 0.2) is 0 Å². The fourth-order valence-corrected chi connectivity index (χ4v) is 4.10. The Labute approximate surface area is 201 Å². The topological polar surface area (TPSA) is 80.8 Å². The molecule has 0 atom stereocenters. The molecule has 0 unspecified atom stereocenters. The number of fused-ring (bicyclic) bond motifs is 1. The summed E-state index contributed by atoms with van der Waals surface area (Å²) >= 11 is 0. The Balaban J connectivity index is 1.48. The zero-order valence-corrected chi connectivity index (χ0v) is 20.4. The van der Waals surface area contributed by atoms with Crippen LogP contribution < -0.4 is 21.5 Å². The highest BCUT2D eigenvalue weighted by atomic mass is 16.1. The Morgan fingerprint density at radius 1 is 0.941 bits per heavy atom. The number of carbonyl (C=O) groups excluding carboxylic acids is 1. The van der Waals surface area contributed by atoms with Crippen LogP contribution in [0, 0.1) is 20.8 Å². The molecule has 3 aromatic carbocycles. The third kappa shape index (κ3) is 5.21. The summed E-state index contributed by atoms with van der Waals surface area (Å²) in [4.78, 5) is 19.1. The largest absolute Gasteiger partial charge is 0.351 e. The van der Waals surface area contributed by atoms with Gasteiger partial charge in [-0.1, -0.05) is 18.2 Å². The number of nitrogens with one attached hydrogen (secondary N) is 4. The fourth-order valence-electron chi connectivity index (χ4n) is 4.10. The highest BCUT2D eigenvalue weighted by molar-refractivity contribution is 6.01. The molecule has 0 saturated carbocycles. The van der Waals surface area contributed by atoms with E-state index in [2.05, 4.69) is 72.6 Å². The molecule has 34 heavy (non-hydrogen) atoms. The van der Waals surface area contributed by atoms with E-state index in [0.29, 0.717) is 18.1 Å². The number of nitrogens with zero attached hydrogens (tertiary/aromatic N) is 2. The Kier molecular flexibility index (Phi) is 6.84. The number of aliphatic imine (C=N–C) groups is 1. The second kappa shape index (κ2) is 9.97. The number of hydrazine groups is 1. The molecule has 4 N–H and O–H groups in total. The number of guanidine groups is 1. The van der Waals surface area contributed by atoms with Crippen molar-refractivity contribution in [2.45, 2.75) is 20.8 Å². The van der Waals surface area contributed by atoms with Crippen LogP contribution in [0.25, 0.3) is 11.1 Å². The van der Waals surface area contributed by atoms with Crippen LogP contribution in [0.15, 0.2) is 59.6 Å². The average molecular weight is 457 g/mol. The zero-order chi connectivity index (χ0) is 24.2. The van der Waals surface area contributed by atoms with Crippen molar-refractivity contribution in [2.24, 2.45) is 4.99 Å². The maximum absolute atomic E-state index is 12.3. The second-order valence-electron chi connectivity index (χ2n) is 8.93. The van der Waals surface area contributed by atoms with Gasteiger partial charge < -0.3 is 15.5 Å². The Bertz CT molecular complexity index is 1210. The van der Waals surface area contributed by atoms with Crippen LogP contribution >= 0.6 is 0 Å². The number of rotatable bonds is 6. The van der Waals surface area contributed by atoms with E-state index in [0.717, 1.165) is 29.2 Å². The lowest BCUT2D eigenvalue weighted by Crippen LogP contribution is -2.37. The zero-order valence-electron chi connectivity index (χ0n) is 20.4. The minimum atomic E-state index is -0.0764. The van der Waals surface area contributed by atoms with Crippen LogP contribution in [0.2, 0.25) is 0 Å². The first-order valence-corrected chi connectivity index (χ1v) is 11.4. The van der Waals surface area contributed by atoms with E-state index in [-0.39, 0.29) is 5.91 Å². The highest BCUT2D eigenvalue weighted by Crippen LogP contribution is 2.37. The number of amides is 1. The molecule has 1 amide bonds. The molecule has 4 rings (SSSR count). The van der Waals surface area contributed by atoms with Gasteiger partial charge in [0.2, 0.25) is 5.96 Å². The summed E-state index contributed by atoms with van der Waals surface area (Å²) in [6.07, 6.45) is 0. The average Bonchev–Trinajstić information content (AvgIpc) is 2.79. The van der Waals surface area contributed by atoms with Crippen LogP contribution in [0.1, 0.15) is 27.0 Å². The van der Waals surface area contributed by atoms with Crippen molar-refractivity contribution in [1.29, 1.82) is 0 Å². The number of aryl methyl sites for hydroxylation is 3. The Hall–Kier alpha value is -3.84. The lowest BCUT2D eigenvalue weighted by Gasteiger charge is -2.23. The van der Waals surface area contributed by atoms with Crippen molar-refractivity contribution in [3.8, 4) is 11.1 Å². The third-order valence-corrected chi connectivity index (χ3v) is 5.86. The van der Waals surface area contributed by atoms with Gasteiger partial charge in [0.05, 0.1) is 11.4 Å². The van der Waals surface area contributed by atoms with Crippen LogP contribution in [-0.2, 0) is 0 Å². The van der Waals surface area contributed by atoms with E-state index in [1.54, 1.807) is 12.1 Å². The lowest BCUT2D eigenvalue weighted by atomic mass is 9.93. The summed E-state index contributed by atoms with van der Waals surface area (Å²) in [6, 6.07) is 18.0. The summed E-state index contributed by atoms with van der Waals surface area (Å²) in [5, 5.41) is 6.20. The molecule has 0 saturated heterocycles. The molecule has 0 bridgehead atoms. The first-order valence-electron chi connectivity index (χ1n) is 11.4. The van der Waals surface area contributed by atoms with Gasteiger partial charge in [-0.05, 0) is 99.1 Å². The van der Waals surface area contributed by atoms with Gasteiger partial charge >= 0.3 is 0 Å². The summed E-state index contributed by atoms with van der Waals surface area (Å²) in [5.74, 6) is 0.519. The van der Waals surface area contributed by atoms with E-state index in [4.69, 9.17) is 4.99 Å². The number of likely N-dealkylation sites (N-methyl/N-ethyl adjacent to an activating group) is 1. The van der Waals surface area contributed by atoms with E-state index in [1.807, 2.05) is 31.1 Å². The van der Waals surface area contributed by atoms with Crippen molar-refractivity contribution in [3.05, 3.63) is 76.9 Å². The Morgan fingerprint density at radius 2 is 1.65 bits per heavy atom. The number of benzene rings is 3. The maximum atomic E-state index is 12.3. The Morgan fingerprint density at radius 3 is 2.32 bits per heavy atom. The summed E-state index contributed by atoms with van der Waals surface area (Å²) < 4.78 is 0. The van der Waals surface area contributed by atoms with Crippen LogP contribution in [0.4, 0.5) is 17.1 Å². The molecule has 1 aliphatic heterocycles. The first kappa shape index (κ1) is 23.3. The maximum Gasteiger partial charge on any atom is 0.251 e. The van der Waals surface area contributed by atoms with Gasteiger partial charge in [-0.15, -0.1) is 0 Å². The number of hydrogen-bond acceptors (Lipinski definition) is 6. The fraction of sp³-hybridized carbons (Fsp3) is 0.259. The van der Waals surface area contributed by atoms with Crippen molar-refractivity contribution in [2.75, 3.05) is 37.9 Å². The van der Waals surface area contributed by atoms with Gasteiger partial charge in [-0.2, -0.15) is 0 Å². The summed E-state index contributed by atoms with van der Waals surface area (Å²) in [7, 11) is 3.96. The minimum absolute atomic E-state index is 0.0764. The minimum Gasteiger partial charge on any atom is -0.351 e. The van der Waals surface area contributed by atoms with Gasteiger partial charge in [0.25, 0.3) is 5.91 Å². The normalized spacial score (nSPS) is 12.4. The molecule has 1 aliphatic rings. The van der Waals surface area contributed by atoms with Crippen molar-refractivity contribution >= 4 is 28.9 Å². The molecule has 1 heterocycles. The molecule has 176 valence electrons. The van der Waals surface area contributed by atoms with Gasteiger partial charge in [0.1, 0.15) is 0 Å². The summed E-state index contributed by atoms with van der Waals surface area (Å²) in [5.41, 5.74) is 15.7. The van der Waals surface area contributed by atoms with Crippen LogP contribution in [-0.4, -0.2) is 44.0 Å². The van der Waals surface area contributed by atoms with Gasteiger partial charge in [-0.25, -0.2) is 4.99 Å².